The summed E-state index contributed by atoms with van der Waals surface area (Å²) in [5.74, 6) is 1.85. The minimum absolute atomic E-state index is 0.157. The average Bonchev–Trinajstić information content (AvgIpc) is 2.81. The Bertz CT molecular complexity index is 956. The Morgan fingerprint density at radius 2 is 1.23 bits per heavy atom. The molecule has 0 spiro atoms. The third-order valence-electron chi connectivity index (χ3n) is 9.34. The summed E-state index contributed by atoms with van der Waals surface area (Å²) in [7, 11) is 1.72. The molecule has 0 heterocycles. The van der Waals surface area contributed by atoms with Gasteiger partial charge in [-0.3, -0.25) is 4.79 Å². The highest BCUT2D eigenvalue weighted by atomic mass is 16.5. The molecule has 4 saturated carbocycles. The van der Waals surface area contributed by atoms with Crippen molar-refractivity contribution in [1.82, 2.24) is 5.32 Å². The van der Waals surface area contributed by atoms with Gasteiger partial charge in [0.15, 0.2) is 0 Å². The molecule has 40 heavy (non-hydrogen) atoms. The molecule has 1 N–H and O–H groups in total. The minimum atomic E-state index is 0.157. The molecule has 226 valence electrons. The van der Waals surface area contributed by atoms with Crippen LogP contribution >= 0.6 is 0 Å². The predicted octanol–water partition coefficient (Wildman–Crippen LogP) is 10.6. The lowest BCUT2D eigenvalue weighted by molar-refractivity contribution is -0.131. The van der Waals surface area contributed by atoms with Gasteiger partial charge in [-0.05, 0) is 148 Å². The predicted molar refractivity (Wildman–Crippen MR) is 173 cm³/mol. The van der Waals surface area contributed by atoms with E-state index in [0.29, 0.717) is 10.8 Å². The molecule has 4 bridgehead atoms. The van der Waals surface area contributed by atoms with Gasteiger partial charge in [-0.25, -0.2) is 0 Å². The zero-order chi connectivity index (χ0) is 29.8. The molecule has 4 rings (SSSR count). The molecule has 0 aliphatic heterocycles. The Balaban J connectivity index is 0.000000312. The topological polar surface area (TPSA) is 38.3 Å². The highest BCUT2D eigenvalue weighted by Crippen LogP contribution is 2.66. The molecule has 0 saturated heterocycles. The van der Waals surface area contributed by atoms with Gasteiger partial charge in [-0.1, -0.05) is 60.4 Å². The Hall–Kier alpha value is -2.03. The molecular weight excluding hydrogens is 490 g/mol. The molecule has 4 fully saturated rings. The number of amides is 1. The second-order valence-corrected chi connectivity index (χ2v) is 14.5. The van der Waals surface area contributed by atoms with Crippen LogP contribution in [-0.2, 0) is 9.53 Å². The molecule has 2 atom stereocenters. The fourth-order valence-electron chi connectivity index (χ4n) is 8.23. The lowest BCUT2D eigenvalue weighted by Gasteiger charge is -2.65. The zero-order valence-electron chi connectivity index (χ0n) is 27.6. The summed E-state index contributed by atoms with van der Waals surface area (Å²) in [6.45, 7) is 17.9. The standard InChI is InChI=1S/C24H40O.C13H21NO/c1-20(2)12-8-13-21(3)14-9-15-22(4)16-10-17-23(5)18-11-19-24(6)25-7;1-11-3-10-4-12(2,6-11)8-13(5-10,7-11)14-9-15/h12,14,16,18-19H,8-11,13,15,17H2,1-7H3;9-10H,3-8H2,1-2H3,(H,14,15)/b21-14+,22-16+,23-18+,24-19+;. The molecule has 1 amide bonds. The molecule has 2 unspecified atom stereocenters. The van der Waals surface area contributed by atoms with Crippen LogP contribution in [0.1, 0.15) is 139 Å². The van der Waals surface area contributed by atoms with Crippen LogP contribution in [-0.4, -0.2) is 19.1 Å². The highest BCUT2D eigenvalue weighted by Gasteiger charge is 2.60. The summed E-state index contributed by atoms with van der Waals surface area (Å²) in [5.41, 5.74) is 7.07. The smallest absolute Gasteiger partial charge is 0.207 e. The molecule has 3 nitrogen and oxygen atoms in total. The summed E-state index contributed by atoms with van der Waals surface area (Å²) in [5, 5.41) is 3.16. The summed E-state index contributed by atoms with van der Waals surface area (Å²) in [6.07, 6.45) is 28.3. The van der Waals surface area contributed by atoms with Gasteiger partial charge in [0.25, 0.3) is 0 Å². The second kappa shape index (κ2) is 15.8. The van der Waals surface area contributed by atoms with Gasteiger partial charge in [0.2, 0.25) is 6.41 Å². The van der Waals surface area contributed by atoms with E-state index in [1.165, 1.54) is 86.5 Å². The van der Waals surface area contributed by atoms with Crippen molar-refractivity contribution in [2.45, 2.75) is 144 Å². The van der Waals surface area contributed by atoms with Crippen LogP contribution in [0.2, 0.25) is 0 Å². The minimum Gasteiger partial charge on any atom is -0.502 e. The van der Waals surface area contributed by atoms with Crippen molar-refractivity contribution in [2.24, 2.45) is 16.7 Å². The summed E-state index contributed by atoms with van der Waals surface area (Å²) in [6, 6.07) is 0. The maximum Gasteiger partial charge on any atom is 0.207 e. The van der Waals surface area contributed by atoms with Crippen LogP contribution in [0.15, 0.2) is 58.4 Å². The Morgan fingerprint density at radius 1 is 0.725 bits per heavy atom. The number of hydrogen-bond donors (Lipinski definition) is 1. The molecular formula is C37H61NO2. The first-order valence-corrected chi connectivity index (χ1v) is 15.8. The fourth-order valence-corrected chi connectivity index (χ4v) is 8.23. The first-order chi connectivity index (χ1) is 18.8. The number of hydrogen-bond acceptors (Lipinski definition) is 2. The van der Waals surface area contributed by atoms with Gasteiger partial charge < -0.3 is 10.1 Å². The summed E-state index contributed by atoms with van der Waals surface area (Å²) < 4.78 is 5.15. The maximum atomic E-state index is 10.8. The number of methoxy groups -OCH3 is 1. The monoisotopic (exact) mass is 551 g/mol. The summed E-state index contributed by atoms with van der Waals surface area (Å²) in [4.78, 5) is 10.8. The third kappa shape index (κ3) is 11.8. The van der Waals surface area contributed by atoms with Crippen molar-refractivity contribution in [3.8, 4) is 0 Å². The van der Waals surface area contributed by atoms with E-state index in [1.807, 2.05) is 6.92 Å². The molecule has 0 aromatic heterocycles. The zero-order valence-corrected chi connectivity index (χ0v) is 27.6. The second-order valence-electron chi connectivity index (χ2n) is 14.5. The largest absolute Gasteiger partial charge is 0.502 e. The van der Waals surface area contributed by atoms with Crippen LogP contribution < -0.4 is 5.32 Å². The fraction of sp³-hybridized carbons (Fsp3) is 0.703. The number of carbonyl (C=O) groups is 1. The van der Waals surface area contributed by atoms with Gasteiger partial charge >= 0.3 is 0 Å². The number of allylic oxidation sites excluding steroid dienone is 10. The average molecular weight is 552 g/mol. The van der Waals surface area contributed by atoms with Crippen molar-refractivity contribution >= 4 is 6.41 Å². The van der Waals surface area contributed by atoms with Gasteiger partial charge in [-0.15, -0.1) is 0 Å². The highest BCUT2D eigenvalue weighted by molar-refractivity contribution is 5.48. The van der Waals surface area contributed by atoms with Crippen molar-refractivity contribution in [1.29, 1.82) is 0 Å². The van der Waals surface area contributed by atoms with Crippen LogP contribution in [0, 0.1) is 16.7 Å². The first-order valence-electron chi connectivity index (χ1n) is 15.8. The number of rotatable bonds is 14. The lowest BCUT2D eigenvalue weighted by Crippen LogP contribution is -2.63. The van der Waals surface area contributed by atoms with Crippen LogP contribution in [0.4, 0.5) is 0 Å². The SMILES string of the molecule is CC12CC3CC(C)(C1)CC(NC=O)(C3)C2.CO/C(C)=C/C/C=C(\C)CC/C=C(\C)CC/C=C(\C)CCC=C(C)C. The molecule has 3 heteroatoms. The number of nitrogens with one attached hydrogen (secondary N) is 1. The molecule has 0 aromatic rings. The molecule has 0 radical (unpaired) electrons. The van der Waals surface area contributed by atoms with E-state index in [4.69, 9.17) is 4.74 Å². The van der Waals surface area contributed by atoms with Crippen molar-refractivity contribution in [2.75, 3.05) is 7.11 Å². The maximum absolute atomic E-state index is 10.8. The van der Waals surface area contributed by atoms with Crippen molar-refractivity contribution in [3.63, 3.8) is 0 Å². The van der Waals surface area contributed by atoms with E-state index in [9.17, 15) is 4.79 Å². The Labute approximate surface area is 247 Å². The summed E-state index contributed by atoms with van der Waals surface area (Å²) >= 11 is 0. The van der Waals surface area contributed by atoms with E-state index in [-0.39, 0.29) is 5.54 Å². The van der Waals surface area contributed by atoms with Crippen LogP contribution in [0.3, 0.4) is 0 Å². The Kier molecular flexibility index (Phi) is 13.5. The number of ether oxygens (including phenoxy) is 1. The molecule has 4 aliphatic rings. The Morgan fingerprint density at radius 3 is 1.68 bits per heavy atom. The number of carbonyl (C=O) groups excluding carboxylic acids is 1. The normalized spacial score (nSPS) is 30.0. The van der Waals surface area contributed by atoms with Gasteiger partial charge in [0.1, 0.15) is 0 Å². The van der Waals surface area contributed by atoms with E-state index < -0.39 is 0 Å². The van der Waals surface area contributed by atoms with Crippen molar-refractivity contribution in [3.05, 3.63) is 58.4 Å². The molecule has 4 aliphatic carbocycles. The quantitative estimate of drug-likeness (QED) is 0.132. The van der Waals surface area contributed by atoms with Crippen LogP contribution in [0.5, 0.6) is 0 Å². The van der Waals surface area contributed by atoms with Gasteiger partial charge in [0.05, 0.1) is 12.9 Å². The van der Waals surface area contributed by atoms with E-state index in [1.54, 1.807) is 7.11 Å². The van der Waals surface area contributed by atoms with Crippen molar-refractivity contribution < 1.29 is 9.53 Å². The van der Waals surface area contributed by atoms with Crippen LogP contribution in [0.25, 0.3) is 0 Å². The van der Waals surface area contributed by atoms with E-state index in [2.05, 4.69) is 84.2 Å². The lowest BCUT2D eigenvalue weighted by atomic mass is 9.43. The van der Waals surface area contributed by atoms with Gasteiger partial charge in [0, 0.05) is 5.54 Å². The first kappa shape index (κ1) is 34.2. The molecule has 0 aromatic carbocycles. The van der Waals surface area contributed by atoms with Gasteiger partial charge in [-0.2, -0.15) is 0 Å². The third-order valence-corrected chi connectivity index (χ3v) is 9.34. The van der Waals surface area contributed by atoms with E-state index >= 15 is 0 Å². The van der Waals surface area contributed by atoms with E-state index in [0.717, 1.165) is 37.3 Å².